The topological polar surface area (TPSA) is 73.6 Å². The standard InChI is InChI=1S/C14H22N2O3.ClH/c1-3-4-8-16-9-11-6-5-7-12(18-2)14(11)19-10-13(15)17;/h5-7,16H,3-4,8-10H2,1-2H3,(H2,15,17);1H. The van der Waals surface area contributed by atoms with Crippen molar-refractivity contribution in [3.63, 3.8) is 0 Å². The van der Waals surface area contributed by atoms with E-state index in [1.54, 1.807) is 13.2 Å². The molecule has 114 valence electrons. The first-order valence-corrected chi connectivity index (χ1v) is 6.46. The van der Waals surface area contributed by atoms with Crippen molar-refractivity contribution in [3.8, 4) is 11.5 Å². The zero-order valence-corrected chi connectivity index (χ0v) is 12.8. The number of nitrogens with one attached hydrogen (secondary N) is 1. The van der Waals surface area contributed by atoms with Crippen LogP contribution in [0.5, 0.6) is 11.5 Å². The van der Waals surface area contributed by atoms with Crippen LogP contribution in [0.1, 0.15) is 25.3 Å². The summed E-state index contributed by atoms with van der Waals surface area (Å²) < 4.78 is 10.7. The summed E-state index contributed by atoms with van der Waals surface area (Å²) in [5.74, 6) is 0.680. The number of carbonyl (C=O) groups excluding carboxylic acids is 1. The summed E-state index contributed by atoms with van der Waals surface area (Å²) in [4.78, 5) is 10.8. The number of primary amides is 1. The minimum atomic E-state index is -0.504. The Labute approximate surface area is 126 Å². The van der Waals surface area contributed by atoms with Gasteiger partial charge in [-0.25, -0.2) is 0 Å². The van der Waals surface area contributed by atoms with Crippen molar-refractivity contribution in [2.24, 2.45) is 5.73 Å². The Morgan fingerprint density at radius 2 is 2.15 bits per heavy atom. The van der Waals surface area contributed by atoms with Crippen LogP contribution in [0.15, 0.2) is 18.2 Å². The van der Waals surface area contributed by atoms with Gasteiger partial charge in [0.25, 0.3) is 5.91 Å². The molecule has 0 bridgehead atoms. The molecule has 20 heavy (non-hydrogen) atoms. The lowest BCUT2D eigenvalue weighted by Gasteiger charge is -2.14. The number of para-hydroxylation sites is 1. The third-order valence-corrected chi connectivity index (χ3v) is 2.66. The molecule has 0 aliphatic heterocycles. The zero-order valence-electron chi connectivity index (χ0n) is 12.0. The number of benzene rings is 1. The molecule has 1 rings (SSSR count). The van der Waals surface area contributed by atoms with Crippen LogP contribution in [0.4, 0.5) is 0 Å². The molecule has 0 atom stereocenters. The van der Waals surface area contributed by atoms with Crippen LogP contribution in [0, 0.1) is 0 Å². The van der Waals surface area contributed by atoms with Crippen molar-refractivity contribution < 1.29 is 14.3 Å². The molecule has 3 N–H and O–H groups in total. The Hall–Kier alpha value is -1.46. The molecule has 0 aliphatic rings. The molecule has 0 fully saturated rings. The van der Waals surface area contributed by atoms with E-state index in [-0.39, 0.29) is 19.0 Å². The van der Waals surface area contributed by atoms with Gasteiger partial charge in [0.2, 0.25) is 0 Å². The van der Waals surface area contributed by atoms with E-state index in [9.17, 15) is 4.79 Å². The maximum atomic E-state index is 10.8. The zero-order chi connectivity index (χ0) is 14.1. The monoisotopic (exact) mass is 302 g/mol. The fourth-order valence-electron chi connectivity index (χ4n) is 1.69. The Morgan fingerprint density at radius 3 is 2.75 bits per heavy atom. The lowest BCUT2D eigenvalue weighted by molar-refractivity contribution is -0.119. The summed E-state index contributed by atoms with van der Waals surface area (Å²) in [7, 11) is 1.57. The maximum absolute atomic E-state index is 10.8. The maximum Gasteiger partial charge on any atom is 0.255 e. The molecule has 1 aromatic carbocycles. The highest BCUT2D eigenvalue weighted by Crippen LogP contribution is 2.30. The van der Waals surface area contributed by atoms with Gasteiger partial charge in [-0.05, 0) is 19.0 Å². The number of nitrogens with two attached hydrogens (primary N) is 1. The fourth-order valence-corrected chi connectivity index (χ4v) is 1.69. The van der Waals surface area contributed by atoms with E-state index in [0.717, 1.165) is 24.9 Å². The van der Waals surface area contributed by atoms with E-state index in [1.807, 2.05) is 12.1 Å². The van der Waals surface area contributed by atoms with Crippen LogP contribution >= 0.6 is 12.4 Å². The second-order valence-corrected chi connectivity index (χ2v) is 4.23. The Bertz CT molecular complexity index is 413. The van der Waals surface area contributed by atoms with Gasteiger partial charge in [-0.15, -0.1) is 12.4 Å². The third kappa shape index (κ3) is 6.12. The second kappa shape index (κ2) is 10.3. The van der Waals surface area contributed by atoms with E-state index in [0.29, 0.717) is 18.0 Å². The van der Waals surface area contributed by atoms with Crippen LogP contribution < -0.4 is 20.5 Å². The summed E-state index contributed by atoms with van der Waals surface area (Å²) >= 11 is 0. The van der Waals surface area contributed by atoms with Crippen molar-refractivity contribution in [2.75, 3.05) is 20.3 Å². The number of amides is 1. The highest BCUT2D eigenvalue weighted by atomic mass is 35.5. The molecule has 0 radical (unpaired) electrons. The SMILES string of the molecule is CCCCNCc1cccc(OC)c1OCC(N)=O.Cl. The summed E-state index contributed by atoms with van der Waals surface area (Å²) in [5, 5.41) is 3.33. The molecule has 1 aromatic rings. The number of hydrogen-bond donors (Lipinski definition) is 2. The Morgan fingerprint density at radius 1 is 1.40 bits per heavy atom. The first kappa shape index (κ1) is 18.5. The smallest absolute Gasteiger partial charge is 0.255 e. The van der Waals surface area contributed by atoms with E-state index < -0.39 is 5.91 Å². The number of hydrogen-bond acceptors (Lipinski definition) is 4. The molecule has 0 heterocycles. The van der Waals surface area contributed by atoms with Crippen LogP contribution in [-0.2, 0) is 11.3 Å². The van der Waals surface area contributed by atoms with Gasteiger partial charge in [0.15, 0.2) is 18.1 Å². The number of ether oxygens (including phenoxy) is 2. The largest absolute Gasteiger partial charge is 0.493 e. The van der Waals surface area contributed by atoms with Gasteiger partial charge < -0.3 is 20.5 Å². The van der Waals surface area contributed by atoms with Gasteiger partial charge in [0.05, 0.1) is 7.11 Å². The highest BCUT2D eigenvalue weighted by Gasteiger charge is 2.11. The third-order valence-electron chi connectivity index (χ3n) is 2.66. The van der Waals surface area contributed by atoms with Crippen LogP contribution in [0.25, 0.3) is 0 Å². The molecule has 0 aromatic heterocycles. The lowest BCUT2D eigenvalue weighted by Crippen LogP contribution is -2.21. The van der Waals surface area contributed by atoms with Crippen LogP contribution in [-0.4, -0.2) is 26.2 Å². The first-order chi connectivity index (χ1) is 9.19. The predicted molar refractivity (Wildman–Crippen MR) is 81.5 cm³/mol. The molecule has 0 saturated carbocycles. The summed E-state index contributed by atoms with van der Waals surface area (Å²) in [6.07, 6.45) is 2.28. The van der Waals surface area contributed by atoms with E-state index >= 15 is 0 Å². The molecule has 5 nitrogen and oxygen atoms in total. The van der Waals surface area contributed by atoms with Crippen LogP contribution in [0.2, 0.25) is 0 Å². The molecule has 0 saturated heterocycles. The van der Waals surface area contributed by atoms with Gasteiger partial charge in [-0.2, -0.15) is 0 Å². The first-order valence-electron chi connectivity index (χ1n) is 6.46. The minimum Gasteiger partial charge on any atom is -0.493 e. The fraction of sp³-hybridized carbons (Fsp3) is 0.500. The van der Waals surface area contributed by atoms with Crippen LogP contribution in [0.3, 0.4) is 0 Å². The van der Waals surface area contributed by atoms with Crippen molar-refractivity contribution >= 4 is 18.3 Å². The van der Waals surface area contributed by atoms with Gasteiger partial charge in [-0.3, -0.25) is 4.79 Å². The average molecular weight is 303 g/mol. The summed E-state index contributed by atoms with van der Waals surface area (Å²) in [5.41, 5.74) is 6.06. The quantitative estimate of drug-likeness (QED) is 0.683. The van der Waals surface area contributed by atoms with Gasteiger partial charge in [0, 0.05) is 12.1 Å². The van der Waals surface area contributed by atoms with Gasteiger partial charge in [-0.1, -0.05) is 25.5 Å². The molecule has 0 aliphatic carbocycles. The van der Waals surface area contributed by atoms with Gasteiger partial charge in [0.1, 0.15) is 0 Å². The van der Waals surface area contributed by atoms with Crippen molar-refractivity contribution in [2.45, 2.75) is 26.3 Å². The molecule has 0 spiro atoms. The summed E-state index contributed by atoms with van der Waals surface area (Å²) in [6, 6.07) is 5.64. The summed E-state index contributed by atoms with van der Waals surface area (Å²) in [6.45, 7) is 3.62. The van der Waals surface area contributed by atoms with E-state index in [1.165, 1.54) is 0 Å². The van der Waals surface area contributed by atoms with Crippen molar-refractivity contribution in [1.82, 2.24) is 5.32 Å². The molecule has 1 amide bonds. The number of carbonyl (C=O) groups is 1. The van der Waals surface area contributed by atoms with Crippen molar-refractivity contribution in [3.05, 3.63) is 23.8 Å². The Kier molecular flexibility index (Phi) is 9.59. The number of halogens is 1. The normalized spacial score (nSPS) is 9.70. The lowest BCUT2D eigenvalue weighted by atomic mass is 10.2. The molecular formula is C14H23ClN2O3. The molecular weight excluding hydrogens is 280 g/mol. The minimum absolute atomic E-state index is 0. The molecule has 0 unspecified atom stereocenters. The molecule has 6 heteroatoms. The number of rotatable bonds is 9. The van der Waals surface area contributed by atoms with Gasteiger partial charge >= 0.3 is 0 Å². The number of methoxy groups -OCH3 is 1. The van der Waals surface area contributed by atoms with Crippen molar-refractivity contribution in [1.29, 1.82) is 0 Å². The Balaban J connectivity index is 0.00000361. The second-order valence-electron chi connectivity index (χ2n) is 4.23. The number of unbranched alkanes of at least 4 members (excludes halogenated alkanes) is 1. The predicted octanol–water partition coefficient (Wildman–Crippen LogP) is 1.87. The van der Waals surface area contributed by atoms with E-state index in [4.69, 9.17) is 15.2 Å². The average Bonchev–Trinajstić information content (AvgIpc) is 2.41. The highest BCUT2D eigenvalue weighted by molar-refractivity contribution is 5.85. The van der Waals surface area contributed by atoms with E-state index in [2.05, 4.69) is 12.2 Å².